The molecule has 0 unspecified atom stereocenters. The SMILES string of the molecule is CCN(CC)CCCNc1nc(C)nc(NC)c1C. The van der Waals surface area contributed by atoms with Crippen molar-refractivity contribution in [1.82, 2.24) is 14.9 Å². The van der Waals surface area contributed by atoms with Crippen LogP contribution in [-0.4, -0.2) is 48.1 Å². The highest BCUT2D eigenvalue weighted by Gasteiger charge is 2.07. The third kappa shape index (κ3) is 4.67. The number of hydrogen-bond acceptors (Lipinski definition) is 5. The topological polar surface area (TPSA) is 53.1 Å². The first-order valence-corrected chi connectivity index (χ1v) is 7.11. The Morgan fingerprint density at radius 3 is 2.26 bits per heavy atom. The smallest absolute Gasteiger partial charge is 0.134 e. The Labute approximate surface area is 116 Å². The van der Waals surface area contributed by atoms with Gasteiger partial charge < -0.3 is 15.5 Å². The summed E-state index contributed by atoms with van der Waals surface area (Å²) in [7, 11) is 1.89. The number of anilines is 2. The molecule has 0 aliphatic heterocycles. The molecule has 0 aliphatic carbocycles. The zero-order valence-electron chi connectivity index (χ0n) is 12.9. The van der Waals surface area contributed by atoms with Gasteiger partial charge in [0.05, 0.1) is 0 Å². The van der Waals surface area contributed by atoms with Gasteiger partial charge in [0.25, 0.3) is 0 Å². The Morgan fingerprint density at radius 1 is 1.05 bits per heavy atom. The Kier molecular flexibility index (Phi) is 6.56. The van der Waals surface area contributed by atoms with E-state index in [4.69, 9.17) is 0 Å². The fraction of sp³-hybridized carbons (Fsp3) is 0.714. The molecule has 2 N–H and O–H groups in total. The quantitative estimate of drug-likeness (QED) is 0.706. The van der Waals surface area contributed by atoms with Gasteiger partial charge in [0.2, 0.25) is 0 Å². The third-order valence-electron chi connectivity index (χ3n) is 3.33. The van der Waals surface area contributed by atoms with Crippen LogP contribution in [0.5, 0.6) is 0 Å². The summed E-state index contributed by atoms with van der Waals surface area (Å²) in [6.07, 6.45) is 1.12. The highest BCUT2D eigenvalue weighted by Crippen LogP contribution is 2.18. The molecule has 5 heteroatoms. The lowest BCUT2D eigenvalue weighted by molar-refractivity contribution is 0.303. The van der Waals surface area contributed by atoms with E-state index < -0.39 is 0 Å². The monoisotopic (exact) mass is 265 g/mol. The minimum atomic E-state index is 0.793. The van der Waals surface area contributed by atoms with Crippen LogP contribution in [0.1, 0.15) is 31.7 Å². The average Bonchev–Trinajstić information content (AvgIpc) is 2.42. The van der Waals surface area contributed by atoms with Crippen molar-refractivity contribution in [1.29, 1.82) is 0 Å². The minimum Gasteiger partial charge on any atom is -0.373 e. The van der Waals surface area contributed by atoms with Gasteiger partial charge >= 0.3 is 0 Å². The molecule has 1 heterocycles. The second kappa shape index (κ2) is 7.94. The highest BCUT2D eigenvalue weighted by atomic mass is 15.1. The first-order chi connectivity index (χ1) is 9.12. The largest absolute Gasteiger partial charge is 0.373 e. The summed E-state index contributed by atoms with van der Waals surface area (Å²) >= 11 is 0. The van der Waals surface area contributed by atoms with E-state index in [-0.39, 0.29) is 0 Å². The molecule has 0 aromatic carbocycles. The first-order valence-electron chi connectivity index (χ1n) is 7.11. The van der Waals surface area contributed by atoms with Crippen molar-refractivity contribution in [3.05, 3.63) is 11.4 Å². The molecule has 0 radical (unpaired) electrons. The molecule has 1 aromatic rings. The van der Waals surface area contributed by atoms with Crippen LogP contribution >= 0.6 is 0 Å². The van der Waals surface area contributed by atoms with E-state index in [1.54, 1.807) is 0 Å². The van der Waals surface area contributed by atoms with Crippen molar-refractivity contribution in [2.24, 2.45) is 0 Å². The molecule has 0 saturated carbocycles. The van der Waals surface area contributed by atoms with Gasteiger partial charge in [-0.2, -0.15) is 0 Å². The summed E-state index contributed by atoms with van der Waals surface area (Å²) in [5.41, 5.74) is 1.08. The standard InChI is InChI=1S/C14H27N5/c1-6-19(7-2)10-8-9-16-14-11(3)13(15-5)17-12(4)18-14/h6-10H2,1-5H3,(H2,15,16,17,18). The summed E-state index contributed by atoms with van der Waals surface area (Å²) in [5, 5.41) is 6.52. The van der Waals surface area contributed by atoms with E-state index in [2.05, 4.69) is 39.3 Å². The second-order valence-corrected chi connectivity index (χ2v) is 4.65. The molecule has 5 nitrogen and oxygen atoms in total. The van der Waals surface area contributed by atoms with Crippen LogP contribution < -0.4 is 10.6 Å². The van der Waals surface area contributed by atoms with E-state index in [9.17, 15) is 0 Å². The maximum Gasteiger partial charge on any atom is 0.134 e. The maximum absolute atomic E-state index is 4.46. The minimum absolute atomic E-state index is 0.793. The van der Waals surface area contributed by atoms with Gasteiger partial charge in [-0.25, -0.2) is 9.97 Å². The molecule has 1 rings (SSSR count). The molecular formula is C14H27N5. The zero-order chi connectivity index (χ0) is 14.3. The predicted molar refractivity (Wildman–Crippen MR) is 81.9 cm³/mol. The van der Waals surface area contributed by atoms with Crippen molar-refractivity contribution >= 4 is 11.6 Å². The van der Waals surface area contributed by atoms with Crippen molar-refractivity contribution in [2.75, 3.05) is 43.9 Å². The van der Waals surface area contributed by atoms with Gasteiger partial charge in [0.1, 0.15) is 17.5 Å². The third-order valence-corrected chi connectivity index (χ3v) is 3.33. The van der Waals surface area contributed by atoms with Crippen molar-refractivity contribution < 1.29 is 0 Å². The van der Waals surface area contributed by atoms with Gasteiger partial charge in [-0.05, 0) is 39.9 Å². The number of aromatic nitrogens is 2. The molecule has 0 fully saturated rings. The van der Waals surface area contributed by atoms with Crippen LogP contribution in [0, 0.1) is 13.8 Å². The van der Waals surface area contributed by atoms with Crippen LogP contribution in [0.3, 0.4) is 0 Å². The fourth-order valence-electron chi connectivity index (χ4n) is 2.09. The van der Waals surface area contributed by atoms with Gasteiger partial charge in [-0.3, -0.25) is 0 Å². The van der Waals surface area contributed by atoms with E-state index in [1.807, 2.05) is 20.9 Å². The first kappa shape index (κ1) is 15.7. The molecule has 0 saturated heterocycles. The van der Waals surface area contributed by atoms with Crippen molar-refractivity contribution in [3.63, 3.8) is 0 Å². The second-order valence-electron chi connectivity index (χ2n) is 4.65. The Bertz CT molecular complexity index is 388. The van der Waals surface area contributed by atoms with Crippen LogP contribution in [0.2, 0.25) is 0 Å². The molecule has 1 aromatic heterocycles. The van der Waals surface area contributed by atoms with Crippen molar-refractivity contribution in [3.8, 4) is 0 Å². The summed E-state index contributed by atoms with van der Waals surface area (Å²) in [6.45, 7) is 12.7. The Hall–Kier alpha value is -1.36. The van der Waals surface area contributed by atoms with E-state index in [1.165, 1.54) is 0 Å². The van der Waals surface area contributed by atoms with Gasteiger partial charge in [-0.15, -0.1) is 0 Å². The summed E-state index contributed by atoms with van der Waals surface area (Å²) in [4.78, 5) is 11.3. The highest BCUT2D eigenvalue weighted by molar-refractivity contribution is 5.56. The predicted octanol–water partition coefficient (Wildman–Crippen LogP) is 2.28. The molecular weight excluding hydrogens is 238 g/mol. The Balaban J connectivity index is 2.51. The molecule has 0 spiro atoms. The number of nitrogens with one attached hydrogen (secondary N) is 2. The Morgan fingerprint density at radius 2 is 1.68 bits per heavy atom. The number of hydrogen-bond donors (Lipinski definition) is 2. The van der Waals surface area contributed by atoms with Crippen LogP contribution in [-0.2, 0) is 0 Å². The summed E-state index contributed by atoms with van der Waals surface area (Å²) in [5.74, 6) is 2.64. The average molecular weight is 265 g/mol. The molecule has 0 amide bonds. The van der Waals surface area contributed by atoms with Gasteiger partial charge in [-0.1, -0.05) is 13.8 Å². The molecule has 108 valence electrons. The zero-order valence-corrected chi connectivity index (χ0v) is 12.9. The summed E-state index contributed by atoms with van der Waals surface area (Å²) in [6, 6.07) is 0. The van der Waals surface area contributed by atoms with Crippen LogP contribution in [0.25, 0.3) is 0 Å². The van der Waals surface area contributed by atoms with Gasteiger partial charge in [0.15, 0.2) is 0 Å². The van der Waals surface area contributed by atoms with E-state index in [0.717, 1.165) is 55.6 Å². The lowest BCUT2D eigenvalue weighted by Crippen LogP contribution is -2.25. The lowest BCUT2D eigenvalue weighted by atomic mass is 10.3. The van der Waals surface area contributed by atoms with E-state index in [0.29, 0.717) is 0 Å². The molecule has 0 atom stereocenters. The summed E-state index contributed by atoms with van der Waals surface area (Å²) < 4.78 is 0. The van der Waals surface area contributed by atoms with Crippen molar-refractivity contribution in [2.45, 2.75) is 34.1 Å². The maximum atomic E-state index is 4.46. The molecule has 19 heavy (non-hydrogen) atoms. The normalized spacial score (nSPS) is 10.8. The fourth-order valence-corrected chi connectivity index (χ4v) is 2.09. The number of rotatable bonds is 8. The molecule has 0 aliphatic rings. The van der Waals surface area contributed by atoms with E-state index >= 15 is 0 Å². The lowest BCUT2D eigenvalue weighted by Gasteiger charge is -2.18. The number of nitrogens with zero attached hydrogens (tertiary/aromatic N) is 3. The van der Waals surface area contributed by atoms with Crippen LogP contribution in [0.4, 0.5) is 11.6 Å². The number of aryl methyl sites for hydroxylation is 1. The van der Waals surface area contributed by atoms with Crippen LogP contribution in [0.15, 0.2) is 0 Å². The van der Waals surface area contributed by atoms with Gasteiger partial charge in [0, 0.05) is 19.2 Å². The molecule has 0 bridgehead atoms.